The summed E-state index contributed by atoms with van der Waals surface area (Å²) < 4.78 is 0. The second kappa shape index (κ2) is 7.61. The zero-order valence-electron chi connectivity index (χ0n) is 13.6. The molecule has 0 atom stereocenters. The fraction of sp³-hybridized carbons (Fsp3) is 0.600. The quantitative estimate of drug-likeness (QED) is 0.780. The molecule has 1 fully saturated rings. The molecule has 1 aromatic rings. The van der Waals surface area contributed by atoms with Crippen molar-refractivity contribution in [3.63, 3.8) is 0 Å². The Morgan fingerprint density at radius 2 is 1.78 bits per heavy atom. The Labute approximate surface area is 136 Å². The van der Waals surface area contributed by atoms with E-state index in [4.69, 9.17) is 16.3 Å². The summed E-state index contributed by atoms with van der Waals surface area (Å²) >= 11 is 0. The molecule has 0 radical (unpaired) electrons. The fourth-order valence-corrected chi connectivity index (χ4v) is 2.84. The van der Waals surface area contributed by atoms with Crippen LogP contribution in [0.15, 0.2) is 6.33 Å². The predicted octanol–water partition coefficient (Wildman–Crippen LogP) is 0.443. The minimum Gasteiger partial charge on any atom is -0.393 e. The molecule has 2 rings (SSSR count). The van der Waals surface area contributed by atoms with E-state index in [0.717, 1.165) is 25.9 Å². The lowest BCUT2D eigenvalue weighted by molar-refractivity contribution is 0.252. The van der Waals surface area contributed by atoms with E-state index in [1.54, 1.807) is 4.90 Å². The van der Waals surface area contributed by atoms with Gasteiger partial charge in [0.15, 0.2) is 11.6 Å². The molecule has 2 N–H and O–H groups in total. The molecular formula is C15H22N8. The summed E-state index contributed by atoms with van der Waals surface area (Å²) in [7, 11) is 4.10. The first-order valence-electron chi connectivity index (χ1n) is 7.59. The van der Waals surface area contributed by atoms with Crippen molar-refractivity contribution < 1.29 is 0 Å². The van der Waals surface area contributed by atoms with E-state index in [2.05, 4.69) is 26.8 Å². The number of nitrogens with two attached hydrogens (primary N) is 1. The molecular weight excluding hydrogens is 292 g/mol. The van der Waals surface area contributed by atoms with Gasteiger partial charge in [-0.2, -0.15) is 10.5 Å². The smallest absolute Gasteiger partial charge is 0.159 e. The van der Waals surface area contributed by atoms with E-state index in [-0.39, 0.29) is 13.1 Å². The number of rotatable bonds is 5. The number of aromatic nitrogens is 2. The molecule has 0 spiro atoms. The number of likely N-dealkylation sites (tertiary alicyclic amines) is 1. The molecule has 8 nitrogen and oxygen atoms in total. The monoisotopic (exact) mass is 314 g/mol. The Morgan fingerprint density at radius 3 is 2.35 bits per heavy atom. The van der Waals surface area contributed by atoms with Crippen molar-refractivity contribution in [3.8, 4) is 12.1 Å². The molecule has 23 heavy (non-hydrogen) atoms. The molecule has 1 aliphatic rings. The highest BCUT2D eigenvalue weighted by Crippen LogP contribution is 2.30. The molecule has 1 aliphatic heterocycles. The average molecular weight is 314 g/mol. The van der Waals surface area contributed by atoms with Crippen LogP contribution in [0.5, 0.6) is 0 Å². The number of hydrogen-bond acceptors (Lipinski definition) is 8. The van der Waals surface area contributed by atoms with Crippen molar-refractivity contribution in [1.29, 1.82) is 10.5 Å². The van der Waals surface area contributed by atoms with Gasteiger partial charge in [0.2, 0.25) is 0 Å². The molecule has 0 aliphatic carbocycles. The highest BCUT2D eigenvalue weighted by molar-refractivity contribution is 5.76. The SMILES string of the molecule is CN1CCC(N(C)c2ncnc(N(CC#N)CC#N)c2N)CC1. The lowest BCUT2D eigenvalue weighted by atomic mass is 10.0. The number of nitrogen functional groups attached to an aromatic ring is 1. The number of piperidine rings is 1. The number of nitrogens with zero attached hydrogens (tertiary/aromatic N) is 7. The van der Waals surface area contributed by atoms with Crippen LogP contribution in [0.4, 0.5) is 17.3 Å². The second-order valence-electron chi connectivity index (χ2n) is 5.75. The van der Waals surface area contributed by atoms with Crippen LogP contribution in [0.2, 0.25) is 0 Å². The highest BCUT2D eigenvalue weighted by Gasteiger charge is 2.24. The van der Waals surface area contributed by atoms with Crippen molar-refractivity contribution in [1.82, 2.24) is 14.9 Å². The average Bonchev–Trinajstić information content (AvgIpc) is 2.55. The molecule has 2 heterocycles. The van der Waals surface area contributed by atoms with Crippen LogP contribution in [-0.4, -0.2) is 61.2 Å². The van der Waals surface area contributed by atoms with Gasteiger partial charge in [0.1, 0.15) is 25.1 Å². The van der Waals surface area contributed by atoms with Crippen LogP contribution in [0.1, 0.15) is 12.8 Å². The van der Waals surface area contributed by atoms with Crippen LogP contribution in [0.25, 0.3) is 0 Å². The zero-order chi connectivity index (χ0) is 16.8. The van der Waals surface area contributed by atoms with Gasteiger partial charge in [-0.25, -0.2) is 9.97 Å². The van der Waals surface area contributed by atoms with Crippen LogP contribution >= 0.6 is 0 Å². The molecule has 0 saturated carbocycles. The largest absolute Gasteiger partial charge is 0.393 e. The minimum absolute atomic E-state index is 0.0617. The topological polar surface area (TPSA) is 109 Å². The van der Waals surface area contributed by atoms with E-state index < -0.39 is 0 Å². The van der Waals surface area contributed by atoms with Crippen LogP contribution in [0, 0.1) is 22.7 Å². The lowest BCUT2D eigenvalue weighted by Crippen LogP contribution is -2.42. The summed E-state index contributed by atoms with van der Waals surface area (Å²) in [5.74, 6) is 1.10. The highest BCUT2D eigenvalue weighted by atomic mass is 15.3. The molecule has 0 unspecified atom stereocenters. The van der Waals surface area contributed by atoms with Crippen molar-refractivity contribution >= 4 is 17.3 Å². The van der Waals surface area contributed by atoms with Gasteiger partial charge in [-0.1, -0.05) is 0 Å². The van der Waals surface area contributed by atoms with E-state index in [0.29, 0.717) is 23.4 Å². The second-order valence-corrected chi connectivity index (χ2v) is 5.75. The first-order chi connectivity index (χ1) is 11.1. The first-order valence-corrected chi connectivity index (χ1v) is 7.59. The molecule has 0 aromatic carbocycles. The number of hydrogen-bond donors (Lipinski definition) is 1. The summed E-state index contributed by atoms with van der Waals surface area (Å²) in [6, 6.07) is 4.44. The van der Waals surface area contributed by atoms with E-state index in [9.17, 15) is 0 Å². The van der Waals surface area contributed by atoms with Crippen molar-refractivity contribution in [3.05, 3.63) is 6.33 Å². The van der Waals surface area contributed by atoms with Gasteiger partial charge in [0.05, 0.1) is 12.1 Å². The molecule has 1 saturated heterocycles. The third-order valence-electron chi connectivity index (χ3n) is 4.23. The number of nitriles is 2. The van der Waals surface area contributed by atoms with E-state index in [1.165, 1.54) is 6.33 Å². The summed E-state index contributed by atoms with van der Waals surface area (Å²) in [6.45, 7) is 2.21. The third kappa shape index (κ3) is 3.79. The zero-order valence-corrected chi connectivity index (χ0v) is 13.6. The standard InChI is InChI=1S/C15H22N8/c1-21-7-3-12(4-8-21)22(2)14-13(18)15(20-11-19-14)23(9-5-16)10-6-17/h11-12H,3-4,7-10,18H2,1-2H3. The Kier molecular flexibility index (Phi) is 5.56. The van der Waals surface area contributed by atoms with Crippen LogP contribution in [0.3, 0.4) is 0 Å². The van der Waals surface area contributed by atoms with Gasteiger partial charge in [0.25, 0.3) is 0 Å². The first kappa shape index (κ1) is 16.8. The molecule has 0 amide bonds. The van der Waals surface area contributed by atoms with Gasteiger partial charge in [0, 0.05) is 13.1 Å². The fourth-order valence-electron chi connectivity index (χ4n) is 2.84. The Hall–Kier alpha value is -2.58. The maximum atomic E-state index is 8.92. The third-order valence-corrected chi connectivity index (χ3v) is 4.23. The van der Waals surface area contributed by atoms with Crippen molar-refractivity contribution in [2.24, 2.45) is 0 Å². The molecule has 0 bridgehead atoms. The van der Waals surface area contributed by atoms with Crippen molar-refractivity contribution in [2.45, 2.75) is 18.9 Å². The Morgan fingerprint density at radius 1 is 1.22 bits per heavy atom. The molecule has 8 heteroatoms. The summed E-state index contributed by atoms with van der Waals surface area (Å²) in [4.78, 5) is 14.4. The van der Waals surface area contributed by atoms with Crippen LogP contribution < -0.4 is 15.5 Å². The van der Waals surface area contributed by atoms with Crippen molar-refractivity contribution in [2.75, 3.05) is 55.8 Å². The number of anilines is 3. The van der Waals surface area contributed by atoms with Gasteiger partial charge in [-0.3, -0.25) is 0 Å². The van der Waals surface area contributed by atoms with Gasteiger partial charge in [-0.05, 0) is 33.0 Å². The van der Waals surface area contributed by atoms with Gasteiger partial charge < -0.3 is 20.4 Å². The lowest BCUT2D eigenvalue weighted by Gasteiger charge is -2.36. The summed E-state index contributed by atoms with van der Waals surface area (Å²) in [6.07, 6.45) is 3.53. The predicted molar refractivity (Wildman–Crippen MR) is 88.8 cm³/mol. The Bertz CT molecular complexity index is 593. The maximum Gasteiger partial charge on any atom is 0.159 e. The summed E-state index contributed by atoms with van der Waals surface area (Å²) in [5, 5.41) is 17.8. The Balaban J connectivity index is 2.25. The molecule has 122 valence electrons. The van der Waals surface area contributed by atoms with Crippen LogP contribution in [-0.2, 0) is 0 Å². The van der Waals surface area contributed by atoms with E-state index >= 15 is 0 Å². The normalized spacial score (nSPS) is 15.7. The minimum atomic E-state index is 0.0617. The van der Waals surface area contributed by atoms with E-state index in [1.807, 2.05) is 19.2 Å². The van der Waals surface area contributed by atoms with Gasteiger partial charge >= 0.3 is 0 Å². The van der Waals surface area contributed by atoms with Gasteiger partial charge in [-0.15, -0.1) is 0 Å². The summed E-state index contributed by atoms with van der Waals surface area (Å²) in [5.41, 5.74) is 6.66. The molecule has 1 aromatic heterocycles. The maximum absolute atomic E-state index is 8.92.